The molecule has 0 spiro atoms. The number of ether oxygens (including phenoxy) is 1. The highest BCUT2D eigenvalue weighted by Gasteiger charge is 2.37. The lowest BCUT2D eigenvalue weighted by molar-refractivity contribution is 0.0993. The highest BCUT2D eigenvalue weighted by atomic mass is 35.5. The quantitative estimate of drug-likeness (QED) is 0.636. The molecule has 1 aliphatic rings. The third kappa shape index (κ3) is 3.24. The number of hydrogen-bond acceptors (Lipinski definition) is 3. The summed E-state index contributed by atoms with van der Waals surface area (Å²) in [5.41, 5.74) is 3.25. The van der Waals surface area contributed by atoms with Gasteiger partial charge >= 0.3 is 0 Å². The average Bonchev–Trinajstić information content (AvgIpc) is 2.97. The number of hydrogen-bond donors (Lipinski definition) is 1. The van der Waals surface area contributed by atoms with Crippen molar-refractivity contribution in [2.24, 2.45) is 0 Å². The maximum atomic E-state index is 13.1. The van der Waals surface area contributed by atoms with E-state index in [4.69, 9.17) is 16.3 Å². The van der Waals surface area contributed by atoms with Crippen molar-refractivity contribution in [3.8, 4) is 5.75 Å². The van der Waals surface area contributed by atoms with Gasteiger partial charge in [0.1, 0.15) is 11.9 Å². The van der Waals surface area contributed by atoms with Crippen LogP contribution in [-0.2, 0) is 0 Å². The standard InChI is InChI=1S/C22H19ClN2O2/c1-2-27-20-10-6-5-9-19(20)24-21-17-7-3-4-8-18(17)22(26)25(21)16-13-11-15(23)12-14-16/h3-14,21,24H,2H2,1H3. The molecule has 3 aromatic carbocycles. The lowest BCUT2D eigenvalue weighted by Gasteiger charge is -2.28. The summed E-state index contributed by atoms with van der Waals surface area (Å²) in [7, 11) is 0. The van der Waals surface area contributed by atoms with Gasteiger partial charge in [0.05, 0.1) is 12.3 Å². The van der Waals surface area contributed by atoms with Gasteiger partial charge < -0.3 is 10.1 Å². The Morgan fingerprint density at radius 1 is 1.00 bits per heavy atom. The Kier molecular flexibility index (Phi) is 4.73. The summed E-state index contributed by atoms with van der Waals surface area (Å²) in [6, 6.07) is 22.7. The first-order chi connectivity index (χ1) is 13.2. The van der Waals surface area contributed by atoms with Crippen molar-refractivity contribution in [1.29, 1.82) is 0 Å². The Morgan fingerprint density at radius 2 is 1.70 bits per heavy atom. The first-order valence-electron chi connectivity index (χ1n) is 8.85. The number of anilines is 2. The van der Waals surface area contributed by atoms with Crippen LogP contribution in [0.5, 0.6) is 5.75 Å². The average molecular weight is 379 g/mol. The van der Waals surface area contributed by atoms with Crippen LogP contribution in [0.3, 0.4) is 0 Å². The van der Waals surface area contributed by atoms with E-state index in [-0.39, 0.29) is 12.1 Å². The van der Waals surface area contributed by atoms with Crippen LogP contribution in [0.2, 0.25) is 5.02 Å². The Balaban J connectivity index is 1.77. The van der Waals surface area contributed by atoms with Gasteiger partial charge in [-0.2, -0.15) is 0 Å². The highest BCUT2D eigenvalue weighted by Crippen LogP contribution is 2.39. The Morgan fingerprint density at radius 3 is 2.48 bits per heavy atom. The van der Waals surface area contributed by atoms with E-state index in [0.717, 1.165) is 22.7 Å². The third-order valence-electron chi connectivity index (χ3n) is 4.55. The number of nitrogens with zero attached hydrogens (tertiary/aromatic N) is 1. The van der Waals surface area contributed by atoms with Crippen LogP contribution in [0.15, 0.2) is 72.8 Å². The summed E-state index contributed by atoms with van der Waals surface area (Å²) < 4.78 is 5.74. The second kappa shape index (κ2) is 7.33. The summed E-state index contributed by atoms with van der Waals surface area (Å²) in [6.45, 7) is 2.52. The number of carbonyl (C=O) groups is 1. The maximum absolute atomic E-state index is 13.1. The molecule has 0 bridgehead atoms. The SMILES string of the molecule is CCOc1ccccc1NC1c2ccccc2C(=O)N1c1ccc(Cl)cc1. The minimum absolute atomic E-state index is 0.0423. The van der Waals surface area contributed by atoms with Crippen molar-refractivity contribution in [3.05, 3.63) is 88.9 Å². The zero-order valence-corrected chi connectivity index (χ0v) is 15.6. The van der Waals surface area contributed by atoms with E-state index < -0.39 is 0 Å². The van der Waals surface area contributed by atoms with Gasteiger partial charge in [-0.15, -0.1) is 0 Å². The summed E-state index contributed by atoms with van der Waals surface area (Å²) in [5.74, 6) is 0.715. The molecule has 0 fully saturated rings. The van der Waals surface area contributed by atoms with Gasteiger partial charge in [-0.05, 0) is 49.4 Å². The van der Waals surface area contributed by atoms with E-state index in [1.165, 1.54) is 0 Å². The van der Waals surface area contributed by atoms with Crippen LogP contribution >= 0.6 is 11.6 Å². The molecule has 1 atom stereocenters. The first-order valence-corrected chi connectivity index (χ1v) is 9.23. The number of halogens is 1. The van der Waals surface area contributed by atoms with E-state index in [2.05, 4.69) is 5.32 Å². The smallest absolute Gasteiger partial charge is 0.260 e. The monoisotopic (exact) mass is 378 g/mol. The summed E-state index contributed by atoms with van der Waals surface area (Å²) in [6.07, 6.45) is -0.337. The fourth-order valence-electron chi connectivity index (χ4n) is 3.34. The van der Waals surface area contributed by atoms with Crippen molar-refractivity contribution in [1.82, 2.24) is 0 Å². The number of rotatable bonds is 5. The molecular weight excluding hydrogens is 360 g/mol. The van der Waals surface area contributed by atoms with Gasteiger partial charge in [-0.1, -0.05) is 41.9 Å². The molecule has 0 saturated heterocycles. The lowest BCUT2D eigenvalue weighted by Crippen LogP contribution is -2.32. The van der Waals surface area contributed by atoms with E-state index >= 15 is 0 Å². The van der Waals surface area contributed by atoms with Gasteiger partial charge in [0, 0.05) is 21.8 Å². The number of nitrogens with one attached hydrogen (secondary N) is 1. The van der Waals surface area contributed by atoms with Gasteiger partial charge in [0.2, 0.25) is 0 Å². The molecule has 1 aliphatic heterocycles. The molecule has 0 aromatic heterocycles. The van der Waals surface area contributed by atoms with Crippen molar-refractivity contribution >= 4 is 28.9 Å². The lowest BCUT2D eigenvalue weighted by atomic mass is 10.1. The molecule has 4 nitrogen and oxygen atoms in total. The summed E-state index contributed by atoms with van der Waals surface area (Å²) in [4.78, 5) is 14.9. The second-order valence-corrected chi connectivity index (χ2v) is 6.65. The second-order valence-electron chi connectivity index (χ2n) is 6.21. The molecule has 1 amide bonds. The van der Waals surface area contributed by atoms with Crippen LogP contribution in [0.4, 0.5) is 11.4 Å². The molecule has 1 unspecified atom stereocenters. The summed E-state index contributed by atoms with van der Waals surface area (Å²) in [5, 5.41) is 4.12. The molecule has 136 valence electrons. The predicted octanol–water partition coefficient (Wildman–Crippen LogP) is 5.51. The van der Waals surface area contributed by atoms with Crippen LogP contribution in [0, 0.1) is 0 Å². The molecule has 27 heavy (non-hydrogen) atoms. The van der Waals surface area contributed by atoms with Gasteiger partial charge in [-0.25, -0.2) is 0 Å². The fraction of sp³-hybridized carbons (Fsp3) is 0.136. The predicted molar refractivity (Wildman–Crippen MR) is 109 cm³/mol. The molecular formula is C22H19ClN2O2. The van der Waals surface area contributed by atoms with Crippen molar-refractivity contribution < 1.29 is 9.53 Å². The first kappa shape index (κ1) is 17.4. The maximum Gasteiger partial charge on any atom is 0.260 e. The van der Waals surface area contributed by atoms with Crippen molar-refractivity contribution in [2.45, 2.75) is 13.1 Å². The minimum Gasteiger partial charge on any atom is -0.492 e. The van der Waals surface area contributed by atoms with Crippen molar-refractivity contribution in [3.63, 3.8) is 0 Å². The molecule has 1 heterocycles. The highest BCUT2D eigenvalue weighted by molar-refractivity contribution is 6.30. The topological polar surface area (TPSA) is 41.6 Å². The van der Waals surface area contributed by atoms with E-state index in [1.54, 1.807) is 17.0 Å². The molecule has 0 aliphatic carbocycles. The van der Waals surface area contributed by atoms with Crippen LogP contribution in [-0.4, -0.2) is 12.5 Å². The van der Waals surface area contributed by atoms with Gasteiger partial charge in [-0.3, -0.25) is 9.69 Å². The fourth-order valence-corrected chi connectivity index (χ4v) is 3.47. The van der Waals surface area contributed by atoms with E-state index in [1.807, 2.05) is 67.6 Å². The number of amides is 1. The molecule has 3 aromatic rings. The number of para-hydroxylation sites is 2. The number of carbonyl (C=O) groups excluding carboxylic acids is 1. The zero-order chi connectivity index (χ0) is 18.8. The number of fused-ring (bicyclic) bond motifs is 1. The third-order valence-corrected chi connectivity index (χ3v) is 4.80. The largest absolute Gasteiger partial charge is 0.492 e. The molecule has 0 radical (unpaired) electrons. The van der Waals surface area contributed by atoms with Crippen LogP contribution in [0.25, 0.3) is 0 Å². The van der Waals surface area contributed by atoms with E-state index in [0.29, 0.717) is 17.2 Å². The van der Waals surface area contributed by atoms with Gasteiger partial charge in [0.25, 0.3) is 5.91 Å². The van der Waals surface area contributed by atoms with Gasteiger partial charge in [0.15, 0.2) is 0 Å². The van der Waals surface area contributed by atoms with Crippen LogP contribution < -0.4 is 15.0 Å². The Bertz CT molecular complexity index is 972. The molecule has 5 heteroatoms. The molecule has 0 saturated carbocycles. The normalized spacial score (nSPS) is 15.6. The van der Waals surface area contributed by atoms with Crippen LogP contribution in [0.1, 0.15) is 29.0 Å². The molecule has 1 N–H and O–H groups in total. The summed E-state index contributed by atoms with van der Waals surface area (Å²) >= 11 is 6.03. The number of benzene rings is 3. The molecule has 4 rings (SSSR count). The Labute approximate surface area is 163 Å². The Hall–Kier alpha value is -2.98. The van der Waals surface area contributed by atoms with Crippen molar-refractivity contribution in [2.75, 3.05) is 16.8 Å². The van der Waals surface area contributed by atoms with E-state index in [9.17, 15) is 4.79 Å². The zero-order valence-electron chi connectivity index (χ0n) is 14.9. The minimum atomic E-state index is -0.337.